The lowest BCUT2D eigenvalue weighted by Gasteiger charge is -2.12. The molecule has 1 fully saturated rings. The van der Waals surface area contributed by atoms with E-state index in [1.54, 1.807) is 6.07 Å². The molecule has 0 spiro atoms. The number of halogens is 1. The molecule has 0 saturated carbocycles. The number of carbonyl (C=O) groups excluding carboxylic acids is 2. The van der Waals surface area contributed by atoms with Gasteiger partial charge in [0, 0.05) is 6.04 Å². The maximum atomic E-state index is 13.3. The number of urea groups is 1. The van der Waals surface area contributed by atoms with Crippen LogP contribution in [-0.4, -0.2) is 44.4 Å². The van der Waals surface area contributed by atoms with Gasteiger partial charge in [-0.3, -0.25) is 4.79 Å². The van der Waals surface area contributed by atoms with Crippen LogP contribution in [-0.2, 0) is 14.6 Å². The Kier molecular flexibility index (Phi) is 4.96. The van der Waals surface area contributed by atoms with Crippen molar-refractivity contribution in [2.24, 2.45) is 0 Å². The number of anilines is 1. The number of para-hydroxylation sites is 1. The van der Waals surface area contributed by atoms with E-state index in [4.69, 9.17) is 0 Å². The normalized spacial score (nSPS) is 19.4. The predicted molar refractivity (Wildman–Crippen MR) is 78.6 cm³/mol. The van der Waals surface area contributed by atoms with Crippen LogP contribution in [0.25, 0.3) is 0 Å². The zero-order valence-corrected chi connectivity index (χ0v) is 12.5. The molecule has 0 radical (unpaired) electrons. The molecule has 0 unspecified atom stereocenters. The lowest BCUT2D eigenvalue weighted by molar-refractivity contribution is -0.115. The van der Waals surface area contributed by atoms with E-state index in [1.807, 2.05) is 0 Å². The molecule has 3 amide bonds. The van der Waals surface area contributed by atoms with Crippen molar-refractivity contribution in [2.75, 3.05) is 23.4 Å². The zero-order chi connectivity index (χ0) is 16.2. The van der Waals surface area contributed by atoms with Crippen LogP contribution in [0.15, 0.2) is 24.3 Å². The first-order valence-corrected chi connectivity index (χ1v) is 8.47. The summed E-state index contributed by atoms with van der Waals surface area (Å²) < 4.78 is 35.8. The predicted octanol–water partition coefficient (Wildman–Crippen LogP) is 0.251. The summed E-state index contributed by atoms with van der Waals surface area (Å²) in [6.45, 7) is -0.348. The molecular weight excluding hydrogens is 313 g/mol. The van der Waals surface area contributed by atoms with Crippen molar-refractivity contribution in [1.82, 2.24) is 10.6 Å². The van der Waals surface area contributed by atoms with Crippen molar-refractivity contribution in [3.8, 4) is 0 Å². The van der Waals surface area contributed by atoms with Gasteiger partial charge in [0.15, 0.2) is 9.84 Å². The SMILES string of the molecule is O=C(CNC(=O)N[C@@H]1CCS(=O)(=O)C1)Nc1ccccc1F. The number of hydrogen-bond acceptors (Lipinski definition) is 4. The lowest BCUT2D eigenvalue weighted by atomic mass is 10.3. The second-order valence-electron chi connectivity index (χ2n) is 4.95. The fourth-order valence-corrected chi connectivity index (χ4v) is 3.74. The molecule has 9 heteroatoms. The smallest absolute Gasteiger partial charge is 0.315 e. The molecule has 0 aromatic heterocycles. The fraction of sp³-hybridized carbons (Fsp3) is 0.385. The molecule has 1 heterocycles. The molecule has 1 saturated heterocycles. The van der Waals surface area contributed by atoms with Gasteiger partial charge in [0.1, 0.15) is 5.82 Å². The molecule has 2 rings (SSSR count). The maximum Gasteiger partial charge on any atom is 0.315 e. The first kappa shape index (κ1) is 16.2. The van der Waals surface area contributed by atoms with Crippen LogP contribution < -0.4 is 16.0 Å². The van der Waals surface area contributed by atoms with Crippen molar-refractivity contribution in [3.63, 3.8) is 0 Å². The van der Waals surface area contributed by atoms with E-state index in [0.29, 0.717) is 6.42 Å². The first-order chi connectivity index (χ1) is 10.4. The number of sulfone groups is 1. The quantitative estimate of drug-likeness (QED) is 0.736. The van der Waals surface area contributed by atoms with Gasteiger partial charge in [-0.15, -0.1) is 0 Å². The van der Waals surface area contributed by atoms with E-state index in [2.05, 4.69) is 16.0 Å². The van der Waals surface area contributed by atoms with Crippen molar-refractivity contribution in [2.45, 2.75) is 12.5 Å². The highest BCUT2D eigenvalue weighted by Gasteiger charge is 2.28. The van der Waals surface area contributed by atoms with Crippen LogP contribution in [0.1, 0.15) is 6.42 Å². The number of hydrogen-bond donors (Lipinski definition) is 3. The molecule has 7 nitrogen and oxygen atoms in total. The monoisotopic (exact) mass is 329 g/mol. The largest absolute Gasteiger partial charge is 0.334 e. The van der Waals surface area contributed by atoms with Crippen LogP contribution in [0.4, 0.5) is 14.9 Å². The minimum absolute atomic E-state index is 0.0246. The molecule has 1 aromatic carbocycles. The van der Waals surface area contributed by atoms with Crippen LogP contribution in [0.3, 0.4) is 0 Å². The summed E-state index contributed by atoms with van der Waals surface area (Å²) in [7, 11) is -3.08. The average molecular weight is 329 g/mol. The first-order valence-electron chi connectivity index (χ1n) is 6.65. The number of rotatable bonds is 4. The van der Waals surface area contributed by atoms with Crippen molar-refractivity contribution in [3.05, 3.63) is 30.1 Å². The minimum Gasteiger partial charge on any atom is -0.334 e. The fourth-order valence-electron chi connectivity index (χ4n) is 2.06. The van der Waals surface area contributed by atoms with Crippen LogP contribution in [0, 0.1) is 5.82 Å². The van der Waals surface area contributed by atoms with Gasteiger partial charge in [-0.2, -0.15) is 0 Å². The summed E-state index contributed by atoms with van der Waals surface area (Å²) in [5.41, 5.74) is 0.0246. The molecule has 120 valence electrons. The van der Waals surface area contributed by atoms with E-state index >= 15 is 0 Å². The third-order valence-corrected chi connectivity index (χ3v) is 4.89. The molecular formula is C13H16FN3O4S. The van der Waals surface area contributed by atoms with Gasteiger partial charge >= 0.3 is 6.03 Å². The summed E-state index contributed by atoms with van der Waals surface area (Å²) in [4.78, 5) is 23.2. The third kappa shape index (κ3) is 4.69. The number of amides is 3. The van der Waals surface area contributed by atoms with Crippen LogP contribution in [0.2, 0.25) is 0 Å². The Hall–Kier alpha value is -2.16. The van der Waals surface area contributed by atoms with E-state index in [-0.39, 0.29) is 23.7 Å². The topological polar surface area (TPSA) is 104 Å². The van der Waals surface area contributed by atoms with E-state index in [9.17, 15) is 22.4 Å². The summed E-state index contributed by atoms with van der Waals surface area (Å²) in [6.07, 6.45) is 0.358. The molecule has 1 aliphatic heterocycles. The molecule has 22 heavy (non-hydrogen) atoms. The second-order valence-corrected chi connectivity index (χ2v) is 7.18. The molecule has 1 aliphatic rings. The second kappa shape index (κ2) is 6.73. The zero-order valence-electron chi connectivity index (χ0n) is 11.6. The van der Waals surface area contributed by atoms with Crippen molar-refractivity contribution in [1.29, 1.82) is 0 Å². The Morgan fingerprint density at radius 3 is 2.64 bits per heavy atom. The average Bonchev–Trinajstić information content (AvgIpc) is 2.78. The minimum atomic E-state index is -3.08. The lowest BCUT2D eigenvalue weighted by Crippen LogP contribution is -2.45. The summed E-state index contributed by atoms with van der Waals surface area (Å²) in [5.74, 6) is -1.20. The Morgan fingerprint density at radius 1 is 1.27 bits per heavy atom. The van der Waals surface area contributed by atoms with Gasteiger partial charge in [0.2, 0.25) is 5.91 Å². The maximum absolute atomic E-state index is 13.3. The molecule has 1 aromatic rings. The van der Waals surface area contributed by atoms with Gasteiger partial charge in [0.25, 0.3) is 0 Å². The van der Waals surface area contributed by atoms with E-state index < -0.39 is 33.6 Å². The Morgan fingerprint density at radius 2 is 2.00 bits per heavy atom. The highest BCUT2D eigenvalue weighted by atomic mass is 32.2. The number of nitrogens with one attached hydrogen (secondary N) is 3. The molecule has 0 bridgehead atoms. The van der Waals surface area contributed by atoms with Crippen molar-refractivity contribution < 1.29 is 22.4 Å². The van der Waals surface area contributed by atoms with Gasteiger partial charge in [-0.05, 0) is 18.6 Å². The number of benzene rings is 1. The Labute approximate surface area is 127 Å². The standard InChI is InChI=1S/C13H16FN3O4S/c14-10-3-1-2-4-11(10)17-12(18)7-15-13(19)16-9-5-6-22(20,21)8-9/h1-4,9H,5-8H2,(H,17,18)(H2,15,16,19)/t9-/m1/s1. The molecule has 3 N–H and O–H groups in total. The van der Waals surface area contributed by atoms with E-state index in [0.717, 1.165) is 0 Å². The van der Waals surface area contributed by atoms with Gasteiger partial charge in [-0.25, -0.2) is 17.6 Å². The highest BCUT2D eigenvalue weighted by Crippen LogP contribution is 2.12. The Bertz CT molecular complexity index is 678. The molecule has 0 aliphatic carbocycles. The Balaban J connectivity index is 1.74. The van der Waals surface area contributed by atoms with Gasteiger partial charge < -0.3 is 16.0 Å². The highest BCUT2D eigenvalue weighted by molar-refractivity contribution is 7.91. The third-order valence-electron chi connectivity index (χ3n) is 3.13. The summed E-state index contributed by atoms with van der Waals surface area (Å²) in [6, 6.07) is 4.59. The van der Waals surface area contributed by atoms with Crippen LogP contribution >= 0.6 is 0 Å². The summed E-state index contributed by atoms with van der Waals surface area (Å²) in [5, 5.41) is 7.10. The molecule has 1 atom stereocenters. The van der Waals surface area contributed by atoms with Crippen LogP contribution in [0.5, 0.6) is 0 Å². The van der Waals surface area contributed by atoms with Gasteiger partial charge in [0.05, 0.1) is 23.7 Å². The van der Waals surface area contributed by atoms with Gasteiger partial charge in [-0.1, -0.05) is 12.1 Å². The van der Waals surface area contributed by atoms with Crippen molar-refractivity contribution >= 4 is 27.5 Å². The number of carbonyl (C=O) groups is 2. The summed E-state index contributed by atoms with van der Waals surface area (Å²) >= 11 is 0. The van der Waals surface area contributed by atoms with E-state index in [1.165, 1.54) is 18.2 Å².